The van der Waals surface area contributed by atoms with Crippen molar-refractivity contribution in [2.45, 2.75) is 39.3 Å². The Kier molecular flexibility index (Phi) is 3.78. The van der Waals surface area contributed by atoms with E-state index < -0.39 is 0 Å². The van der Waals surface area contributed by atoms with Crippen molar-refractivity contribution in [2.24, 2.45) is 10.7 Å². The first-order valence-corrected chi connectivity index (χ1v) is 7.49. The fourth-order valence-corrected chi connectivity index (χ4v) is 3.76. The molecule has 0 fully saturated rings. The van der Waals surface area contributed by atoms with Gasteiger partial charge in [0.05, 0.1) is 12.6 Å². The Morgan fingerprint density at radius 1 is 1.71 bits per heavy atom. The Morgan fingerprint density at radius 3 is 2.94 bits per heavy atom. The van der Waals surface area contributed by atoms with Gasteiger partial charge in [-0.05, 0) is 42.3 Å². The number of nitrogens with zero attached hydrogens (tertiary/aromatic N) is 2. The number of halogens is 1. The number of aryl methyl sites for hydroxylation is 1. The van der Waals surface area contributed by atoms with Crippen molar-refractivity contribution in [1.82, 2.24) is 4.90 Å². The first-order chi connectivity index (χ1) is 8.04. The lowest BCUT2D eigenvalue weighted by Crippen LogP contribution is -2.41. The molecule has 0 bridgehead atoms. The minimum absolute atomic E-state index is 0.319. The molecule has 3 nitrogen and oxygen atoms in total. The average molecular weight is 316 g/mol. The lowest BCUT2D eigenvalue weighted by Gasteiger charge is -2.31. The molecule has 0 aromatic carbocycles. The van der Waals surface area contributed by atoms with Gasteiger partial charge in [0.1, 0.15) is 0 Å². The second-order valence-electron chi connectivity index (χ2n) is 4.43. The summed E-state index contributed by atoms with van der Waals surface area (Å²) in [5.74, 6) is 0.687. The van der Waals surface area contributed by atoms with Gasteiger partial charge >= 0.3 is 0 Å². The maximum atomic E-state index is 6.00. The van der Waals surface area contributed by atoms with Crippen LogP contribution in [-0.2, 0) is 0 Å². The zero-order valence-corrected chi connectivity index (χ0v) is 12.8. The monoisotopic (exact) mass is 315 g/mol. The summed E-state index contributed by atoms with van der Waals surface area (Å²) in [5.41, 5.74) is 6.00. The second-order valence-corrected chi connectivity index (χ2v) is 6.57. The maximum Gasteiger partial charge on any atom is 0.192 e. The predicted molar refractivity (Wildman–Crippen MR) is 77.6 cm³/mol. The summed E-state index contributed by atoms with van der Waals surface area (Å²) < 4.78 is 1.19. The molecule has 94 valence electrons. The van der Waals surface area contributed by atoms with Crippen LogP contribution in [0.5, 0.6) is 0 Å². The van der Waals surface area contributed by atoms with Gasteiger partial charge in [-0.1, -0.05) is 6.92 Å². The molecule has 2 N–H and O–H groups in total. The van der Waals surface area contributed by atoms with Gasteiger partial charge in [0.15, 0.2) is 5.96 Å². The highest BCUT2D eigenvalue weighted by Crippen LogP contribution is 2.36. The van der Waals surface area contributed by atoms with Crippen LogP contribution in [0.4, 0.5) is 0 Å². The van der Waals surface area contributed by atoms with Gasteiger partial charge in [-0.15, -0.1) is 11.3 Å². The van der Waals surface area contributed by atoms with Crippen LogP contribution in [0.25, 0.3) is 0 Å². The molecule has 17 heavy (non-hydrogen) atoms. The van der Waals surface area contributed by atoms with Gasteiger partial charge < -0.3 is 10.6 Å². The van der Waals surface area contributed by atoms with Crippen molar-refractivity contribution in [2.75, 3.05) is 6.54 Å². The molecule has 2 unspecified atom stereocenters. The summed E-state index contributed by atoms with van der Waals surface area (Å²) in [6.45, 7) is 7.30. The van der Waals surface area contributed by atoms with Gasteiger partial charge in [-0.25, -0.2) is 0 Å². The molecule has 0 aliphatic carbocycles. The number of aliphatic imine (C=N–C) groups is 1. The van der Waals surface area contributed by atoms with Crippen LogP contribution >= 0.6 is 27.3 Å². The molecule has 2 rings (SSSR count). The molecule has 1 aromatic rings. The van der Waals surface area contributed by atoms with Crippen molar-refractivity contribution < 1.29 is 0 Å². The molecule has 0 amide bonds. The Balaban J connectivity index is 2.27. The standard InChI is InChI=1S/C12H18BrN3S/c1-4-7(2)16-10(6-15-12(16)14)11-5-9(13)8(3)17-11/h5,7,10H,4,6H2,1-3H3,(H2,14,15). The second kappa shape index (κ2) is 4.98. The van der Waals surface area contributed by atoms with Crippen molar-refractivity contribution >= 4 is 33.2 Å². The van der Waals surface area contributed by atoms with E-state index in [2.05, 4.69) is 52.7 Å². The molecule has 1 aliphatic heterocycles. The van der Waals surface area contributed by atoms with E-state index >= 15 is 0 Å². The minimum Gasteiger partial charge on any atom is -0.370 e. The topological polar surface area (TPSA) is 41.6 Å². The first kappa shape index (κ1) is 12.9. The van der Waals surface area contributed by atoms with Crippen LogP contribution in [0.3, 0.4) is 0 Å². The molecular formula is C12H18BrN3S. The molecule has 0 saturated carbocycles. The molecule has 1 aliphatic rings. The highest BCUT2D eigenvalue weighted by molar-refractivity contribution is 9.10. The van der Waals surface area contributed by atoms with Crippen molar-refractivity contribution in [3.63, 3.8) is 0 Å². The third kappa shape index (κ3) is 2.36. The zero-order valence-electron chi connectivity index (χ0n) is 10.4. The Bertz CT molecular complexity index is 421. The third-order valence-electron chi connectivity index (χ3n) is 3.30. The van der Waals surface area contributed by atoms with Gasteiger partial charge in [0.2, 0.25) is 0 Å². The number of guanidine groups is 1. The van der Waals surface area contributed by atoms with E-state index in [0.29, 0.717) is 18.0 Å². The van der Waals surface area contributed by atoms with E-state index in [1.807, 2.05) is 11.3 Å². The summed E-state index contributed by atoms with van der Waals surface area (Å²) in [6.07, 6.45) is 1.08. The summed E-state index contributed by atoms with van der Waals surface area (Å²) >= 11 is 5.40. The van der Waals surface area contributed by atoms with Crippen LogP contribution in [0.15, 0.2) is 15.5 Å². The molecule has 5 heteroatoms. The number of thiophene rings is 1. The van der Waals surface area contributed by atoms with Crippen LogP contribution in [0.1, 0.15) is 36.1 Å². The fraction of sp³-hybridized carbons (Fsp3) is 0.583. The van der Waals surface area contributed by atoms with Gasteiger partial charge in [0.25, 0.3) is 0 Å². The van der Waals surface area contributed by atoms with E-state index in [9.17, 15) is 0 Å². The van der Waals surface area contributed by atoms with E-state index in [-0.39, 0.29) is 0 Å². The number of hydrogen-bond acceptors (Lipinski definition) is 4. The van der Waals surface area contributed by atoms with Crippen LogP contribution in [0, 0.1) is 6.92 Å². The highest BCUT2D eigenvalue weighted by atomic mass is 79.9. The lowest BCUT2D eigenvalue weighted by molar-refractivity contribution is 0.271. The molecule has 0 radical (unpaired) electrons. The SMILES string of the molecule is CCC(C)N1C(N)=NCC1c1cc(Br)c(C)s1. The fourth-order valence-electron chi connectivity index (χ4n) is 2.11. The third-order valence-corrected chi connectivity index (χ3v) is 5.53. The Morgan fingerprint density at radius 2 is 2.41 bits per heavy atom. The molecule has 2 heterocycles. The van der Waals surface area contributed by atoms with Crippen molar-refractivity contribution in [3.05, 3.63) is 20.3 Å². The number of hydrogen-bond donors (Lipinski definition) is 1. The summed E-state index contributed by atoms with van der Waals surface area (Å²) in [4.78, 5) is 9.30. The molecule has 1 aromatic heterocycles. The highest BCUT2D eigenvalue weighted by Gasteiger charge is 2.31. The number of rotatable bonds is 3. The molecule has 0 saturated heterocycles. The zero-order chi connectivity index (χ0) is 12.6. The maximum absolute atomic E-state index is 6.00. The Labute approximate surface area is 115 Å². The lowest BCUT2D eigenvalue weighted by atomic mass is 10.1. The molecular weight excluding hydrogens is 298 g/mol. The van der Waals surface area contributed by atoms with Crippen LogP contribution < -0.4 is 5.73 Å². The van der Waals surface area contributed by atoms with Gasteiger partial charge in [-0.2, -0.15) is 0 Å². The van der Waals surface area contributed by atoms with Crippen LogP contribution in [-0.4, -0.2) is 23.4 Å². The normalized spacial score (nSPS) is 21.8. The smallest absolute Gasteiger partial charge is 0.192 e. The molecule has 2 atom stereocenters. The Hall–Kier alpha value is -0.550. The molecule has 0 spiro atoms. The summed E-state index contributed by atoms with van der Waals surface area (Å²) in [7, 11) is 0. The predicted octanol–water partition coefficient (Wildman–Crippen LogP) is 3.29. The summed E-state index contributed by atoms with van der Waals surface area (Å²) in [6, 6.07) is 2.96. The van der Waals surface area contributed by atoms with Crippen molar-refractivity contribution in [1.29, 1.82) is 0 Å². The van der Waals surface area contributed by atoms with Crippen LogP contribution in [0.2, 0.25) is 0 Å². The van der Waals surface area contributed by atoms with Crippen molar-refractivity contribution in [3.8, 4) is 0 Å². The number of nitrogens with two attached hydrogens (primary N) is 1. The quantitative estimate of drug-likeness (QED) is 0.930. The van der Waals surface area contributed by atoms with E-state index in [0.717, 1.165) is 13.0 Å². The summed E-state index contributed by atoms with van der Waals surface area (Å²) in [5, 5.41) is 0. The first-order valence-electron chi connectivity index (χ1n) is 5.88. The van der Waals surface area contributed by atoms with Gasteiger partial charge in [-0.3, -0.25) is 4.99 Å². The minimum atomic E-state index is 0.319. The van der Waals surface area contributed by atoms with E-state index in [4.69, 9.17) is 5.73 Å². The van der Waals surface area contributed by atoms with E-state index in [1.165, 1.54) is 14.2 Å². The average Bonchev–Trinajstić information content (AvgIpc) is 2.82. The van der Waals surface area contributed by atoms with E-state index in [1.54, 1.807) is 0 Å². The largest absolute Gasteiger partial charge is 0.370 e. The van der Waals surface area contributed by atoms with Gasteiger partial charge in [0, 0.05) is 20.3 Å².